The lowest BCUT2D eigenvalue weighted by Gasteiger charge is -2.36. The molecule has 0 aromatic rings. The zero-order valence-corrected chi connectivity index (χ0v) is 9.04. The SMILES string of the molecule is CC1(C)OC(=O)C2(C)CCC1CC2O. The molecule has 0 radical (unpaired) electrons. The molecule has 3 atom stereocenters. The summed E-state index contributed by atoms with van der Waals surface area (Å²) < 4.78 is 5.46. The van der Waals surface area contributed by atoms with Crippen LogP contribution in [0.15, 0.2) is 0 Å². The Morgan fingerprint density at radius 3 is 2.64 bits per heavy atom. The van der Waals surface area contributed by atoms with Crippen molar-refractivity contribution >= 4 is 5.97 Å². The molecule has 3 nitrogen and oxygen atoms in total. The molecule has 1 saturated carbocycles. The Morgan fingerprint density at radius 1 is 1.43 bits per heavy atom. The molecule has 2 aliphatic heterocycles. The molecule has 2 heterocycles. The average Bonchev–Trinajstić information content (AvgIpc) is 2.18. The fourth-order valence-electron chi connectivity index (χ4n) is 2.60. The van der Waals surface area contributed by atoms with Crippen LogP contribution in [0.5, 0.6) is 0 Å². The van der Waals surface area contributed by atoms with Crippen LogP contribution >= 0.6 is 0 Å². The highest BCUT2D eigenvalue weighted by Crippen LogP contribution is 2.48. The van der Waals surface area contributed by atoms with E-state index in [1.165, 1.54) is 0 Å². The molecule has 3 aliphatic rings. The lowest BCUT2D eigenvalue weighted by molar-refractivity contribution is -0.168. The lowest BCUT2D eigenvalue weighted by atomic mass is 9.68. The molecule has 0 spiro atoms. The van der Waals surface area contributed by atoms with Crippen LogP contribution in [-0.4, -0.2) is 22.8 Å². The quantitative estimate of drug-likeness (QED) is 0.600. The van der Waals surface area contributed by atoms with E-state index in [1.54, 1.807) is 0 Å². The molecule has 2 bridgehead atoms. The summed E-state index contributed by atoms with van der Waals surface area (Å²) in [6.07, 6.45) is 1.89. The smallest absolute Gasteiger partial charge is 0.314 e. The van der Waals surface area contributed by atoms with Gasteiger partial charge in [0.15, 0.2) is 0 Å². The van der Waals surface area contributed by atoms with Gasteiger partial charge in [-0.3, -0.25) is 4.79 Å². The third kappa shape index (κ3) is 1.18. The highest BCUT2D eigenvalue weighted by molar-refractivity contribution is 5.78. The Hall–Kier alpha value is -0.570. The monoisotopic (exact) mass is 198 g/mol. The van der Waals surface area contributed by atoms with Crippen LogP contribution < -0.4 is 0 Å². The van der Waals surface area contributed by atoms with Gasteiger partial charge in [-0.15, -0.1) is 0 Å². The van der Waals surface area contributed by atoms with Gasteiger partial charge in [0.1, 0.15) is 5.60 Å². The molecule has 14 heavy (non-hydrogen) atoms. The van der Waals surface area contributed by atoms with E-state index in [0.717, 1.165) is 12.8 Å². The molecule has 3 rings (SSSR count). The zero-order chi connectivity index (χ0) is 10.6. The molecule has 3 unspecified atom stereocenters. The maximum absolute atomic E-state index is 11.8. The second kappa shape index (κ2) is 2.72. The van der Waals surface area contributed by atoms with Crippen molar-refractivity contribution in [3.8, 4) is 0 Å². The Morgan fingerprint density at radius 2 is 2.07 bits per heavy atom. The van der Waals surface area contributed by atoms with E-state index in [4.69, 9.17) is 4.74 Å². The molecule has 0 aromatic carbocycles. The minimum atomic E-state index is -0.662. The number of rotatable bonds is 0. The first-order valence-corrected chi connectivity index (χ1v) is 5.28. The number of fused-ring (bicyclic) bond motifs is 4. The van der Waals surface area contributed by atoms with Gasteiger partial charge in [0, 0.05) is 5.92 Å². The van der Waals surface area contributed by atoms with E-state index in [1.807, 2.05) is 20.8 Å². The summed E-state index contributed by atoms with van der Waals surface area (Å²) in [7, 11) is 0. The van der Waals surface area contributed by atoms with Crippen molar-refractivity contribution in [2.45, 2.75) is 51.7 Å². The van der Waals surface area contributed by atoms with Crippen LogP contribution in [0.25, 0.3) is 0 Å². The number of ether oxygens (including phenoxy) is 1. The van der Waals surface area contributed by atoms with Crippen LogP contribution in [-0.2, 0) is 9.53 Å². The molecular weight excluding hydrogens is 180 g/mol. The van der Waals surface area contributed by atoms with Crippen LogP contribution in [0.3, 0.4) is 0 Å². The first kappa shape index (κ1) is 9.97. The van der Waals surface area contributed by atoms with Crippen molar-refractivity contribution in [3.63, 3.8) is 0 Å². The maximum Gasteiger partial charge on any atom is 0.314 e. The first-order chi connectivity index (χ1) is 6.36. The number of hydrogen-bond acceptors (Lipinski definition) is 3. The van der Waals surface area contributed by atoms with Gasteiger partial charge in [0.2, 0.25) is 0 Å². The molecule has 2 saturated heterocycles. The van der Waals surface area contributed by atoms with Crippen molar-refractivity contribution in [2.24, 2.45) is 11.3 Å². The van der Waals surface area contributed by atoms with Gasteiger partial charge < -0.3 is 9.84 Å². The van der Waals surface area contributed by atoms with Crippen molar-refractivity contribution in [1.82, 2.24) is 0 Å². The molecule has 3 fully saturated rings. The summed E-state index contributed by atoms with van der Waals surface area (Å²) in [4.78, 5) is 11.8. The van der Waals surface area contributed by atoms with Gasteiger partial charge >= 0.3 is 5.97 Å². The van der Waals surface area contributed by atoms with Gasteiger partial charge in [-0.1, -0.05) is 0 Å². The van der Waals surface area contributed by atoms with Gasteiger partial charge in [-0.2, -0.15) is 0 Å². The fourth-order valence-corrected chi connectivity index (χ4v) is 2.60. The van der Waals surface area contributed by atoms with Crippen LogP contribution in [0, 0.1) is 11.3 Å². The normalized spacial score (nSPS) is 45.9. The molecule has 0 aromatic heterocycles. The Kier molecular flexibility index (Phi) is 1.94. The van der Waals surface area contributed by atoms with Crippen molar-refractivity contribution < 1.29 is 14.6 Å². The average molecular weight is 198 g/mol. The Bertz CT molecular complexity index is 272. The summed E-state index contributed by atoms with van der Waals surface area (Å²) in [5.74, 6) is 0.0759. The minimum absolute atomic E-state index is 0.227. The zero-order valence-electron chi connectivity index (χ0n) is 9.04. The number of esters is 1. The van der Waals surface area contributed by atoms with Gasteiger partial charge in [-0.25, -0.2) is 0 Å². The van der Waals surface area contributed by atoms with Crippen LogP contribution in [0.4, 0.5) is 0 Å². The number of carbonyl (C=O) groups is 1. The predicted molar refractivity (Wildman–Crippen MR) is 51.6 cm³/mol. The Labute approximate surface area is 84.4 Å². The standard InChI is InChI=1S/C11H18O3/c1-10(2)7-4-5-11(3,8(12)6-7)9(13)14-10/h7-8,12H,4-6H2,1-3H3. The van der Waals surface area contributed by atoms with E-state index in [9.17, 15) is 9.90 Å². The second-order valence-electron chi connectivity index (χ2n) is 5.40. The highest BCUT2D eigenvalue weighted by atomic mass is 16.6. The fraction of sp³-hybridized carbons (Fsp3) is 0.909. The molecule has 3 heteroatoms. The van der Waals surface area contributed by atoms with E-state index in [0.29, 0.717) is 12.3 Å². The minimum Gasteiger partial charge on any atom is -0.459 e. The third-order valence-corrected chi connectivity index (χ3v) is 4.06. The molecular formula is C11H18O3. The first-order valence-electron chi connectivity index (χ1n) is 5.28. The third-order valence-electron chi connectivity index (χ3n) is 4.06. The maximum atomic E-state index is 11.8. The van der Waals surface area contributed by atoms with Crippen molar-refractivity contribution in [2.75, 3.05) is 0 Å². The number of aliphatic hydroxyl groups excluding tert-OH is 1. The molecule has 1 N–H and O–H groups in total. The lowest BCUT2D eigenvalue weighted by Crippen LogP contribution is -2.42. The van der Waals surface area contributed by atoms with Crippen LogP contribution in [0.1, 0.15) is 40.0 Å². The largest absolute Gasteiger partial charge is 0.459 e. The summed E-state index contributed by atoms with van der Waals surface area (Å²) in [6.45, 7) is 5.70. The van der Waals surface area contributed by atoms with Crippen molar-refractivity contribution in [1.29, 1.82) is 0 Å². The van der Waals surface area contributed by atoms with Gasteiger partial charge in [-0.05, 0) is 40.0 Å². The predicted octanol–water partition coefficient (Wildman–Crippen LogP) is 1.49. The summed E-state index contributed by atoms with van der Waals surface area (Å²) in [6, 6.07) is 0. The number of hydrogen-bond donors (Lipinski definition) is 1. The molecule has 0 amide bonds. The highest BCUT2D eigenvalue weighted by Gasteiger charge is 2.54. The van der Waals surface area contributed by atoms with E-state index in [-0.39, 0.29) is 5.97 Å². The van der Waals surface area contributed by atoms with E-state index in [2.05, 4.69) is 0 Å². The summed E-state index contributed by atoms with van der Waals surface area (Å²) in [5.41, 5.74) is -1.07. The number of carbonyl (C=O) groups excluding carboxylic acids is 1. The van der Waals surface area contributed by atoms with E-state index >= 15 is 0 Å². The van der Waals surface area contributed by atoms with E-state index < -0.39 is 17.1 Å². The number of aliphatic hydroxyl groups is 1. The van der Waals surface area contributed by atoms with Crippen LogP contribution in [0.2, 0.25) is 0 Å². The van der Waals surface area contributed by atoms with Crippen molar-refractivity contribution in [3.05, 3.63) is 0 Å². The van der Waals surface area contributed by atoms with Gasteiger partial charge in [0.25, 0.3) is 0 Å². The Balaban J connectivity index is 2.40. The van der Waals surface area contributed by atoms with Gasteiger partial charge in [0.05, 0.1) is 11.5 Å². The molecule has 80 valence electrons. The topological polar surface area (TPSA) is 46.5 Å². The summed E-state index contributed by atoms with van der Waals surface area (Å²) in [5, 5.41) is 9.94. The second-order valence-corrected chi connectivity index (χ2v) is 5.40. The summed E-state index contributed by atoms with van der Waals surface area (Å²) >= 11 is 0. The molecule has 1 aliphatic carbocycles.